The molecule has 3 amide bonds. The van der Waals surface area contributed by atoms with Crippen molar-refractivity contribution < 1.29 is 19.1 Å². The largest absolute Gasteiger partial charge is 0.488 e. The quantitative estimate of drug-likeness (QED) is 0.679. The number of piperidine rings is 1. The minimum atomic E-state index is -0.639. The van der Waals surface area contributed by atoms with Crippen LogP contribution in [0.4, 0.5) is 0 Å². The van der Waals surface area contributed by atoms with Gasteiger partial charge in [-0.25, -0.2) is 0 Å². The number of ether oxygens (including phenoxy) is 1. The molecule has 1 N–H and O–H groups in total. The number of imide groups is 1. The Morgan fingerprint density at radius 1 is 1.10 bits per heavy atom. The fourth-order valence-electron chi connectivity index (χ4n) is 4.06. The molecule has 0 bridgehead atoms. The van der Waals surface area contributed by atoms with Gasteiger partial charge in [-0.3, -0.25) is 24.7 Å². The highest BCUT2D eigenvalue weighted by molar-refractivity contribution is 6.06. The fraction of sp³-hybridized carbons (Fsp3) is 0.217. The number of carbonyl (C=O) groups excluding carboxylic acids is 3. The van der Waals surface area contributed by atoms with Crippen LogP contribution in [0.15, 0.2) is 54.7 Å². The molecule has 5 rings (SSSR count). The molecule has 1 atom stereocenters. The number of carbonyl (C=O) groups is 3. The molecule has 7 heteroatoms. The monoisotopic (exact) mass is 401 g/mol. The van der Waals surface area contributed by atoms with Gasteiger partial charge in [-0.2, -0.15) is 0 Å². The lowest BCUT2D eigenvalue weighted by Crippen LogP contribution is -2.52. The average Bonchev–Trinajstić information content (AvgIpc) is 3.09. The summed E-state index contributed by atoms with van der Waals surface area (Å²) in [7, 11) is 0. The average molecular weight is 401 g/mol. The SMILES string of the molecule is O=C1CCC(N2Cc3cccc(OCc4cnc5ccccc5c4)c3C2=O)C(=O)N1. The summed E-state index contributed by atoms with van der Waals surface area (Å²) in [5, 5.41) is 3.34. The molecule has 30 heavy (non-hydrogen) atoms. The molecule has 3 aromatic rings. The lowest BCUT2D eigenvalue weighted by atomic mass is 10.0. The Morgan fingerprint density at radius 2 is 1.97 bits per heavy atom. The zero-order chi connectivity index (χ0) is 20.7. The van der Waals surface area contributed by atoms with Crippen LogP contribution in [-0.2, 0) is 22.7 Å². The second-order valence-corrected chi connectivity index (χ2v) is 7.52. The van der Waals surface area contributed by atoms with Crippen molar-refractivity contribution >= 4 is 28.6 Å². The molecule has 0 spiro atoms. The van der Waals surface area contributed by atoms with E-state index in [0.29, 0.717) is 24.3 Å². The normalized spacial score (nSPS) is 18.5. The standard InChI is InChI=1S/C23H19N3O4/c27-20-9-8-18(22(28)25-20)26-12-16-5-3-7-19(21(16)23(26)29)30-13-14-10-15-4-1-2-6-17(15)24-11-14/h1-7,10-11,18H,8-9,12-13H2,(H,25,27,28). The van der Waals surface area contributed by atoms with Gasteiger partial charge in [0.05, 0.1) is 11.1 Å². The molecule has 2 aliphatic heterocycles. The van der Waals surface area contributed by atoms with Gasteiger partial charge in [0.25, 0.3) is 5.91 Å². The van der Waals surface area contributed by atoms with E-state index < -0.39 is 11.9 Å². The number of nitrogens with one attached hydrogen (secondary N) is 1. The molecule has 150 valence electrons. The molecule has 1 fully saturated rings. The lowest BCUT2D eigenvalue weighted by Gasteiger charge is -2.29. The van der Waals surface area contributed by atoms with Crippen LogP contribution in [0, 0.1) is 0 Å². The van der Waals surface area contributed by atoms with Crippen LogP contribution < -0.4 is 10.1 Å². The number of rotatable bonds is 4. The van der Waals surface area contributed by atoms with Crippen molar-refractivity contribution in [3.63, 3.8) is 0 Å². The molecule has 1 saturated heterocycles. The molecule has 2 aromatic carbocycles. The maximum atomic E-state index is 13.1. The van der Waals surface area contributed by atoms with Crippen LogP contribution in [0.2, 0.25) is 0 Å². The van der Waals surface area contributed by atoms with E-state index in [-0.39, 0.29) is 24.8 Å². The summed E-state index contributed by atoms with van der Waals surface area (Å²) in [6, 6.07) is 14.7. The van der Waals surface area contributed by atoms with Crippen molar-refractivity contribution in [3.05, 3.63) is 71.4 Å². The van der Waals surface area contributed by atoms with Gasteiger partial charge in [0.2, 0.25) is 11.8 Å². The van der Waals surface area contributed by atoms with Gasteiger partial charge in [0.1, 0.15) is 18.4 Å². The summed E-state index contributed by atoms with van der Waals surface area (Å²) in [6.45, 7) is 0.606. The number of amides is 3. The third-order valence-corrected chi connectivity index (χ3v) is 5.56. The molecular formula is C23H19N3O4. The highest BCUT2D eigenvalue weighted by atomic mass is 16.5. The molecule has 1 unspecified atom stereocenters. The van der Waals surface area contributed by atoms with Crippen molar-refractivity contribution in [1.29, 1.82) is 0 Å². The first-order valence-electron chi connectivity index (χ1n) is 9.83. The molecule has 0 saturated carbocycles. The number of pyridine rings is 1. The Labute approximate surface area is 172 Å². The van der Waals surface area contributed by atoms with Gasteiger partial charge < -0.3 is 9.64 Å². The Hall–Kier alpha value is -3.74. The number of para-hydroxylation sites is 1. The van der Waals surface area contributed by atoms with Crippen molar-refractivity contribution in [2.24, 2.45) is 0 Å². The predicted octanol–water partition coefficient (Wildman–Crippen LogP) is 2.57. The second kappa shape index (κ2) is 7.26. The summed E-state index contributed by atoms with van der Waals surface area (Å²) < 4.78 is 5.99. The smallest absolute Gasteiger partial charge is 0.258 e. The van der Waals surface area contributed by atoms with Crippen LogP contribution in [0.25, 0.3) is 10.9 Å². The Kier molecular flexibility index (Phi) is 4.43. The van der Waals surface area contributed by atoms with Crippen LogP contribution >= 0.6 is 0 Å². The minimum absolute atomic E-state index is 0.231. The van der Waals surface area contributed by atoms with Crippen molar-refractivity contribution in [2.75, 3.05) is 0 Å². The van der Waals surface area contributed by atoms with E-state index in [2.05, 4.69) is 10.3 Å². The van der Waals surface area contributed by atoms with Crippen molar-refractivity contribution in [1.82, 2.24) is 15.2 Å². The highest BCUT2D eigenvalue weighted by Crippen LogP contribution is 2.34. The molecule has 1 aromatic heterocycles. The van der Waals surface area contributed by atoms with E-state index in [1.54, 1.807) is 12.3 Å². The summed E-state index contributed by atoms with van der Waals surface area (Å²) in [4.78, 5) is 42.7. The number of nitrogens with zero attached hydrogens (tertiary/aromatic N) is 2. The zero-order valence-electron chi connectivity index (χ0n) is 16.1. The summed E-state index contributed by atoms with van der Waals surface area (Å²) in [6.07, 6.45) is 2.33. The fourth-order valence-corrected chi connectivity index (χ4v) is 4.06. The Balaban J connectivity index is 1.36. The second-order valence-electron chi connectivity index (χ2n) is 7.52. The molecule has 0 radical (unpaired) electrons. The number of fused-ring (bicyclic) bond motifs is 2. The van der Waals surface area contributed by atoms with E-state index in [1.165, 1.54) is 4.90 Å². The van der Waals surface area contributed by atoms with Crippen molar-refractivity contribution in [2.45, 2.75) is 32.0 Å². The number of benzene rings is 2. The lowest BCUT2D eigenvalue weighted by molar-refractivity contribution is -0.136. The highest BCUT2D eigenvalue weighted by Gasteiger charge is 2.40. The maximum Gasteiger partial charge on any atom is 0.258 e. The predicted molar refractivity (Wildman–Crippen MR) is 109 cm³/mol. The topological polar surface area (TPSA) is 88.6 Å². The number of hydrogen-bond acceptors (Lipinski definition) is 5. The molecule has 3 heterocycles. The van der Waals surface area contributed by atoms with E-state index in [1.807, 2.05) is 42.5 Å². The number of hydrogen-bond donors (Lipinski definition) is 1. The van der Waals surface area contributed by atoms with E-state index in [4.69, 9.17) is 4.74 Å². The van der Waals surface area contributed by atoms with Gasteiger partial charge in [0.15, 0.2) is 0 Å². The van der Waals surface area contributed by atoms with Crippen LogP contribution in [0.1, 0.15) is 34.3 Å². The first kappa shape index (κ1) is 18.3. The van der Waals surface area contributed by atoms with Crippen LogP contribution in [0.5, 0.6) is 5.75 Å². The number of aromatic nitrogens is 1. The summed E-state index contributed by atoms with van der Waals surface area (Å²) >= 11 is 0. The van der Waals surface area contributed by atoms with E-state index in [9.17, 15) is 14.4 Å². The van der Waals surface area contributed by atoms with Gasteiger partial charge in [0, 0.05) is 30.1 Å². The minimum Gasteiger partial charge on any atom is -0.488 e. The third kappa shape index (κ3) is 3.18. The summed E-state index contributed by atoms with van der Waals surface area (Å²) in [5.41, 5.74) is 3.12. The molecule has 7 nitrogen and oxygen atoms in total. The zero-order valence-corrected chi connectivity index (χ0v) is 16.1. The first-order chi connectivity index (χ1) is 14.6. The van der Waals surface area contributed by atoms with Crippen molar-refractivity contribution in [3.8, 4) is 5.75 Å². The summed E-state index contributed by atoms with van der Waals surface area (Å²) in [5.74, 6) is -0.474. The molecule has 2 aliphatic rings. The van der Waals surface area contributed by atoms with Gasteiger partial charge in [-0.05, 0) is 30.2 Å². The Morgan fingerprint density at radius 3 is 2.83 bits per heavy atom. The van der Waals surface area contributed by atoms with Crippen LogP contribution in [-0.4, -0.2) is 33.6 Å². The third-order valence-electron chi connectivity index (χ3n) is 5.56. The van der Waals surface area contributed by atoms with E-state index in [0.717, 1.165) is 22.0 Å². The molecule has 0 aliphatic carbocycles. The van der Waals surface area contributed by atoms with E-state index >= 15 is 0 Å². The van der Waals surface area contributed by atoms with Gasteiger partial charge in [-0.1, -0.05) is 30.3 Å². The van der Waals surface area contributed by atoms with Gasteiger partial charge in [-0.15, -0.1) is 0 Å². The first-order valence-corrected chi connectivity index (χ1v) is 9.83. The van der Waals surface area contributed by atoms with Crippen LogP contribution in [0.3, 0.4) is 0 Å². The van der Waals surface area contributed by atoms with Gasteiger partial charge >= 0.3 is 0 Å². The Bertz CT molecular complexity index is 1190. The molecular weight excluding hydrogens is 382 g/mol. The maximum absolute atomic E-state index is 13.1.